The smallest absolute Gasteiger partial charge is 0.221 e. The number of nitrogens with zero attached hydrogens (tertiary/aromatic N) is 1. The molecular formula is C12H25NO3. The van der Waals surface area contributed by atoms with Crippen LogP contribution in [0.1, 0.15) is 65.2 Å². The molecule has 4 nitrogen and oxygen atoms in total. The fraction of sp³-hybridized carbons (Fsp3) is 1.00. The lowest BCUT2D eigenvalue weighted by atomic mass is 9.91. The number of hydrogen-bond acceptors (Lipinski definition) is 3. The molecule has 96 valence electrons. The normalized spacial score (nSPS) is 14.7. The fourth-order valence-corrected chi connectivity index (χ4v) is 1.83. The van der Waals surface area contributed by atoms with Crippen molar-refractivity contribution in [3.05, 3.63) is 10.1 Å². The number of nitro groups is 1. The summed E-state index contributed by atoms with van der Waals surface area (Å²) in [6.45, 7) is 3.70. The summed E-state index contributed by atoms with van der Waals surface area (Å²) in [7, 11) is 0. The van der Waals surface area contributed by atoms with Gasteiger partial charge in [0.1, 0.15) is 0 Å². The van der Waals surface area contributed by atoms with E-state index in [1.165, 1.54) is 25.7 Å². The molecule has 0 aliphatic carbocycles. The van der Waals surface area contributed by atoms with Crippen LogP contribution in [0.4, 0.5) is 0 Å². The maximum Gasteiger partial charge on any atom is 0.221 e. The third kappa shape index (κ3) is 6.05. The Morgan fingerprint density at radius 3 is 2.19 bits per heavy atom. The predicted molar refractivity (Wildman–Crippen MR) is 65.1 cm³/mol. The quantitative estimate of drug-likeness (QED) is 0.357. The molecule has 0 aromatic heterocycles. The van der Waals surface area contributed by atoms with Gasteiger partial charge in [-0.2, -0.15) is 0 Å². The topological polar surface area (TPSA) is 63.4 Å². The third-order valence-corrected chi connectivity index (χ3v) is 3.16. The first-order valence-electron chi connectivity index (χ1n) is 6.32. The van der Waals surface area contributed by atoms with Crippen molar-refractivity contribution >= 4 is 0 Å². The number of unbranched alkanes of at least 4 members (excludes halogenated alkanes) is 5. The van der Waals surface area contributed by atoms with E-state index in [0.29, 0.717) is 6.42 Å². The van der Waals surface area contributed by atoms with E-state index in [1.54, 1.807) is 6.92 Å². The molecule has 0 aliphatic heterocycles. The van der Waals surface area contributed by atoms with Gasteiger partial charge in [0.05, 0.1) is 0 Å². The monoisotopic (exact) mass is 231 g/mol. The highest BCUT2D eigenvalue weighted by molar-refractivity contribution is 4.73. The zero-order chi connectivity index (χ0) is 12.4. The van der Waals surface area contributed by atoms with Crippen LogP contribution in [0.3, 0.4) is 0 Å². The average Bonchev–Trinajstić information content (AvgIpc) is 2.23. The average molecular weight is 231 g/mol. The van der Waals surface area contributed by atoms with Crippen molar-refractivity contribution in [2.24, 2.45) is 0 Å². The molecule has 1 N–H and O–H groups in total. The Kier molecular flexibility index (Phi) is 8.16. The summed E-state index contributed by atoms with van der Waals surface area (Å²) in [5.41, 5.74) is -0.931. The molecule has 1 atom stereocenters. The van der Waals surface area contributed by atoms with Gasteiger partial charge in [0.15, 0.2) is 0 Å². The molecular weight excluding hydrogens is 206 g/mol. The second kappa shape index (κ2) is 8.50. The Hall–Kier alpha value is -0.640. The standard InChI is InChI=1S/C12H25NO3/c1-3-4-5-6-7-8-9-12(2,10-11-14)13(15)16/h14H,3-11H2,1-2H3. The number of aliphatic hydroxyl groups is 1. The minimum absolute atomic E-state index is 0.104. The Morgan fingerprint density at radius 1 is 1.12 bits per heavy atom. The van der Waals surface area contributed by atoms with E-state index in [2.05, 4.69) is 6.92 Å². The first-order chi connectivity index (χ1) is 7.56. The molecule has 0 radical (unpaired) electrons. The van der Waals surface area contributed by atoms with Gasteiger partial charge in [-0.25, -0.2) is 0 Å². The van der Waals surface area contributed by atoms with Crippen LogP contribution in [-0.4, -0.2) is 22.2 Å². The zero-order valence-corrected chi connectivity index (χ0v) is 10.6. The van der Waals surface area contributed by atoms with Gasteiger partial charge in [-0.3, -0.25) is 10.1 Å². The van der Waals surface area contributed by atoms with E-state index in [-0.39, 0.29) is 18.0 Å². The maximum atomic E-state index is 10.9. The first kappa shape index (κ1) is 15.4. The van der Waals surface area contributed by atoms with Crippen LogP contribution in [0.5, 0.6) is 0 Å². The fourth-order valence-electron chi connectivity index (χ4n) is 1.83. The summed E-state index contributed by atoms with van der Waals surface area (Å²) < 4.78 is 0. The van der Waals surface area contributed by atoms with Crippen molar-refractivity contribution in [3.63, 3.8) is 0 Å². The molecule has 0 aromatic carbocycles. The minimum Gasteiger partial charge on any atom is -0.396 e. The summed E-state index contributed by atoms with van der Waals surface area (Å²) in [4.78, 5) is 10.6. The summed E-state index contributed by atoms with van der Waals surface area (Å²) in [5.74, 6) is 0. The van der Waals surface area contributed by atoms with Crippen LogP contribution in [0.15, 0.2) is 0 Å². The Labute approximate surface area is 98.2 Å². The van der Waals surface area contributed by atoms with E-state index in [1.807, 2.05) is 0 Å². The van der Waals surface area contributed by atoms with Gasteiger partial charge in [-0.15, -0.1) is 0 Å². The molecule has 0 aromatic rings. The third-order valence-electron chi connectivity index (χ3n) is 3.16. The lowest BCUT2D eigenvalue weighted by molar-refractivity contribution is -0.568. The van der Waals surface area contributed by atoms with Crippen molar-refractivity contribution in [2.45, 2.75) is 70.8 Å². The van der Waals surface area contributed by atoms with Gasteiger partial charge in [0.2, 0.25) is 5.54 Å². The van der Waals surface area contributed by atoms with Crippen molar-refractivity contribution in [3.8, 4) is 0 Å². The zero-order valence-electron chi connectivity index (χ0n) is 10.6. The molecule has 0 rings (SSSR count). The highest BCUT2D eigenvalue weighted by atomic mass is 16.6. The first-order valence-corrected chi connectivity index (χ1v) is 6.32. The second-order valence-corrected chi connectivity index (χ2v) is 4.75. The molecule has 0 aliphatic rings. The second-order valence-electron chi connectivity index (χ2n) is 4.75. The van der Waals surface area contributed by atoms with E-state index >= 15 is 0 Å². The summed E-state index contributed by atoms with van der Waals surface area (Å²) in [5, 5.41) is 19.7. The van der Waals surface area contributed by atoms with Gasteiger partial charge >= 0.3 is 0 Å². The molecule has 0 amide bonds. The van der Waals surface area contributed by atoms with Crippen LogP contribution in [0.2, 0.25) is 0 Å². The van der Waals surface area contributed by atoms with Crippen LogP contribution in [-0.2, 0) is 0 Å². The van der Waals surface area contributed by atoms with E-state index < -0.39 is 5.54 Å². The van der Waals surface area contributed by atoms with Gasteiger partial charge in [-0.05, 0) is 6.42 Å². The Morgan fingerprint density at radius 2 is 1.69 bits per heavy atom. The van der Waals surface area contributed by atoms with Crippen LogP contribution >= 0.6 is 0 Å². The van der Waals surface area contributed by atoms with Crippen LogP contribution in [0.25, 0.3) is 0 Å². The lowest BCUT2D eigenvalue weighted by Gasteiger charge is -2.19. The van der Waals surface area contributed by atoms with E-state index in [9.17, 15) is 10.1 Å². The molecule has 4 heteroatoms. The molecule has 16 heavy (non-hydrogen) atoms. The molecule has 0 bridgehead atoms. The van der Waals surface area contributed by atoms with Crippen molar-refractivity contribution in [2.75, 3.05) is 6.61 Å². The molecule has 0 fully saturated rings. The predicted octanol–water partition coefficient (Wildman–Crippen LogP) is 3.15. The van der Waals surface area contributed by atoms with Crippen LogP contribution < -0.4 is 0 Å². The van der Waals surface area contributed by atoms with Crippen molar-refractivity contribution in [1.82, 2.24) is 0 Å². The van der Waals surface area contributed by atoms with Gasteiger partial charge in [0.25, 0.3) is 0 Å². The lowest BCUT2D eigenvalue weighted by Crippen LogP contribution is -2.35. The molecule has 0 spiro atoms. The number of aliphatic hydroxyl groups excluding tert-OH is 1. The van der Waals surface area contributed by atoms with E-state index in [4.69, 9.17) is 5.11 Å². The Balaban J connectivity index is 3.73. The Bertz CT molecular complexity index is 197. The van der Waals surface area contributed by atoms with Crippen molar-refractivity contribution in [1.29, 1.82) is 0 Å². The highest BCUT2D eigenvalue weighted by Gasteiger charge is 2.35. The minimum atomic E-state index is -0.931. The van der Waals surface area contributed by atoms with Gasteiger partial charge in [-0.1, -0.05) is 39.0 Å². The highest BCUT2D eigenvalue weighted by Crippen LogP contribution is 2.22. The van der Waals surface area contributed by atoms with E-state index in [0.717, 1.165) is 12.8 Å². The molecule has 0 heterocycles. The maximum absolute atomic E-state index is 10.9. The van der Waals surface area contributed by atoms with Crippen molar-refractivity contribution < 1.29 is 10.0 Å². The SMILES string of the molecule is CCCCCCCCC(C)(CCO)[N+](=O)[O-]. The molecule has 0 saturated carbocycles. The summed E-state index contributed by atoms with van der Waals surface area (Å²) in [6.07, 6.45) is 7.66. The van der Waals surface area contributed by atoms with Crippen LogP contribution in [0, 0.1) is 10.1 Å². The molecule has 1 unspecified atom stereocenters. The molecule has 0 saturated heterocycles. The number of rotatable bonds is 10. The summed E-state index contributed by atoms with van der Waals surface area (Å²) in [6, 6.07) is 0. The number of hydrogen-bond donors (Lipinski definition) is 1. The largest absolute Gasteiger partial charge is 0.396 e. The van der Waals surface area contributed by atoms with Gasteiger partial charge < -0.3 is 5.11 Å². The summed E-state index contributed by atoms with van der Waals surface area (Å²) >= 11 is 0. The van der Waals surface area contributed by atoms with Gasteiger partial charge in [0, 0.05) is 31.3 Å².